The number of ether oxygens (including phenoxy) is 9. The molecule has 2 aromatic rings. The lowest BCUT2D eigenvalue weighted by atomic mass is 10.2. The van der Waals surface area contributed by atoms with Crippen molar-refractivity contribution in [3.63, 3.8) is 0 Å². The Morgan fingerprint density at radius 1 is 0.740 bits per heavy atom. The monoisotopic (exact) mass is 712 g/mol. The van der Waals surface area contributed by atoms with Crippen molar-refractivity contribution in [3.05, 3.63) is 41.7 Å². The van der Waals surface area contributed by atoms with Crippen molar-refractivity contribution in [1.29, 1.82) is 0 Å². The predicted octanol–water partition coefficient (Wildman–Crippen LogP) is 0.663. The summed E-state index contributed by atoms with van der Waals surface area (Å²) in [6, 6.07) is 0. The number of aromatic nitrogens is 5. The molecule has 50 heavy (non-hydrogen) atoms. The summed E-state index contributed by atoms with van der Waals surface area (Å²) in [4.78, 5) is 20.7. The first-order valence-corrected chi connectivity index (χ1v) is 17.0. The molecular weight excluding hydrogens is 656 g/mol. The third-order valence-corrected chi connectivity index (χ3v) is 6.32. The van der Waals surface area contributed by atoms with Crippen molar-refractivity contribution in [1.82, 2.24) is 30.3 Å². The maximum absolute atomic E-state index is 12.1. The maximum atomic E-state index is 12.1. The van der Waals surface area contributed by atoms with E-state index in [-0.39, 0.29) is 31.6 Å². The lowest BCUT2D eigenvalue weighted by molar-refractivity contribution is -0.125. The van der Waals surface area contributed by atoms with Crippen LogP contribution in [0, 0.1) is 0 Å². The number of aliphatic hydroxyl groups is 1. The minimum Gasteiger partial charge on any atom is -0.394 e. The fourth-order valence-corrected chi connectivity index (χ4v) is 3.77. The van der Waals surface area contributed by atoms with Gasteiger partial charge in [0.2, 0.25) is 5.91 Å². The Kier molecular flexibility index (Phi) is 26.6. The first kappa shape index (κ1) is 43.2. The van der Waals surface area contributed by atoms with E-state index >= 15 is 0 Å². The molecule has 0 atom stereocenters. The van der Waals surface area contributed by atoms with Gasteiger partial charge in [-0.25, -0.2) is 14.6 Å². The highest BCUT2D eigenvalue weighted by molar-refractivity contribution is 5.77. The summed E-state index contributed by atoms with van der Waals surface area (Å²) in [5.74, 6) is 0.849. The molecule has 0 radical (unpaired) electrons. The molecular formula is C33H56N6O11. The molecule has 0 fully saturated rings. The zero-order valence-electron chi connectivity index (χ0n) is 29.6. The number of hydrogen-bond acceptors (Lipinski definition) is 15. The lowest BCUT2D eigenvalue weighted by Crippen LogP contribution is -2.27. The molecule has 17 heteroatoms. The molecule has 284 valence electrons. The van der Waals surface area contributed by atoms with Crippen LogP contribution in [0.5, 0.6) is 0 Å². The van der Waals surface area contributed by atoms with E-state index in [1.165, 1.54) is 0 Å². The van der Waals surface area contributed by atoms with Crippen LogP contribution in [-0.2, 0) is 60.5 Å². The van der Waals surface area contributed by atoms with E-state index in [1.54, 1.807) is 23.3 Å². The van der Waals surface area contributed by atoms with Crippen LogP contribution < -0.4 is 5.32 Å². The summed E-state index contributed by atoms with van der Waals surface area (Å²) in [7, 11) is 0. The summed E-state index contributed by atoms with van der Waals surface area (Å²) in [6.07, 6.45) is 8.96. The number of nitrogens with zero attached hydrogens (tertiary/aromatic N) is 5. The van der Waals surface area contributed by atoms with Gasteiger partial charge in [0.05, 0.1) is 138 Å². The summed E-state index contributed by atoms with van der Waals surface area (Å²) in [5, 5.41) is 19.5. The Hall–Kier alpha value is -2.97. The van der Waals surface area contributed by atoms with Gasteiger partial charge in [-0.2, -0.15) is 0 Å². The Morgan fingerprint density at radius 2 is 1.22 bits per heavy atom. The Balaban J connectivity index is 1.29. The normalized spacial score (nSPS) is 11.7. The van der Waals surface area contributed by atoms with Crippen molar-refractivity contribution in [2.45, 2.75) is 32.9 Å². The summed E-state index contributed by atoms with van der Waals surface area (Å²) >= 11 is 0. The van der Waals surface area contributed by atoms with Gasteiger partial charge in [0.1, 0.15) is 18.1 Å². The molecule has 0 bridgehead atoms. The van der Waals surface area contributed by atoms with E-state index in [4.69, 9.17) is 47.7 Å². The minimum atomic E-state index is -0.239. The van der Waals surface area contributed by atoms with Crippen molar-refractivity contribution in [2.24, 2.45) is 0 Å². The van der Waals surface area contributed by atoms with Crippen LogP contribution in [0.3, 0.4) is 0 Å². The number of carbonyl (C=O) groups excluding carboxylic acids is 1. The Labute approximate surface area is 294 Å². The van der Waals surface area contributed by atoms with Gasteiger partial charge in [0.15, 0.2) is 0 Å². The van der Waals surface area contributed by atoms with Crippen LogP contribution in [0.15, 0.2) is 24.7 Å². The molecule has 17 nitrogen and oxygen atoms in total. The molecule has 0 saturated carbocycles. The van der Waals surface area contributed by atoms with Crippen LogP contribution >= 0.6 is 0 Å². The van der Waals surface area contributed by atoms with E-state index in [2.05, 4.69) is 25.6 Å². The van der Waals surface area contributed by atoms with Crippen molar-refractivity contribution in [3.8, 4) is 0 Å². The molecule has 0 unspecified atom stereocenters. The molecule has 0 aliphatic rings. The molecule has 0 aliphatic carbocycles. The largest absolute Gasteiger partial charge is 0.394 e. The number of carbonyl (C=O) groups is 1. The highest BCUT2D eigenvalue weighted by Crippen LogP contribution is 2.08. The first-order chi connectivity index (χ1) is 24.6. The quantitative estimate of drug-likeness (QED) is 0.0963. The maximum Gasteiger partial charge on any atom is 0.246 e. The highest BCUT2D eigenvalue weighted by Gasteiger charge is 2.05. The fraction of sp³-hybridized carbons (Fsp3) is 0.727. The van der Waals surface area contributed by atoms with Crippen LogP contribution in [0.1, 0.15) is 36.8 Å². The minimum absolute atomic E-state index is 0.0184. The summed E-state index contributed by atoms with van der Waals surface area (Å²) in [5.41, 5.74) is 1.52. The SMILES string of the molecule is CC(C)c1ncc(C=CCOCC(=O)NCc2cn(CCOCCOCCOCCOCCOCCOCCOCCOCCO)nn2)cn1. The molecule has 2 rings (SSSR count). The van der Waals surface area contributed by atoms with Gasteiger partial charge in [-0.3, -0.25) is 4.79 Å². The van der Waals surface area contributed by atoms with Gasteiger partial charge in [0.25, 0.3) is 0 Å². The van der Waals surface area contributed by atoms with E-state index in [0.29, 0.717) is 125 Å². The van der Waals surface area contributed by atoms with E-state index in [9.17, 15) is 4.79 Å². The number of nitrogens with one attached hydrogen (secondary N) is 1. The predicted molar refractivity (Wildman–Crippen MR) is 181 cm³/mol. The average Bonchev–Trinajstić information content (AvgIpc) is 3.58. The van der Waals surface area contributed by atoms with Gasteiger partial charge >= 0.3 is 0 Å². The molecule has 0 saturated heterocycles. The number of hydrogen-bond donors (Lipinski definition) is 2. The van der Waals surface area contributed by atoms with Crippen LogP contribution in [0.2, 0.25) is 0 Å². The molecule has 0 aromatic carbocycles. The van der Waals surface area contributed by atoms with Crippen LogP contribution in [0.25, 0.3) is 6.08 Å². The average molecular weight is 713 g/mol. The second-order valence-corrected chi connectivity index (χ2v) is 10.8. The molecule has 2 aromatic heterocycles. The van der Waals surface area contributed by atoms with Crippen molar-refractivity contribution in [2.75, 3.05) is 126 Å². The third kappa shape index (κ3) is 24.2. The van der Waals surface area contributed by atoms with E-state index in [0.717, 1.165) is 11.4 Å². The van der Waals surface area contributed by atoms with Crippen LogP contribution in [0.4, 0.5) is 0 Å². The van der Waals surface area contributed by atoms with Crippen molar-refractivity contribution < 1.29 is 52.5 Å². The van der Waals surface area contributed by atoms with Gasteiger partial charge in [-0.1, -0.05) is 31.2 Å². The van der Waals surface area contributed by atoms with Crippen LogP contribution in [-0.4, -0.2) is 162 Å². The zero-order chi connectivity index (χ0) is 35.7. The third-order valence-electron chi connectivity index (χ3n) is 6.32. The van der Waals surface area contributed by atoms with Gasteiger partial charge < -0.3 is 53.1 Å². The lowest BCUT2D eigenvalue weighted by Gasteiger charge is -2.08. The second kappa shape index (κ2) is 30.8. The second-order valence-electron chi connectivity index (χ2n) is 10.8. The van der Waals surface area contributed by atoms with Crippen molar-refractivity contribution >= 4 is 12.0 Å². The first-order valence-electron chi connectivity index (χ1n) is 17.0. The Bertz CT molecular complexity index is 1110. The summed E-state index contributed by atoms with van der Waals surface area (Å²) < 4.78 is 50.4. The van der Waals surface area contributed by atoms with E-state index in [1.807, 2.05) is 26.0 Å². The number of aliphatic hydroxyl groups excluding tert-OH is 1. The molecule has 2 N–H and O–H groups in total. The Morgan fingerprint density at radius 3 is 1.70 bits per heavy atom. The number of amides is 1. The number of rotatable bonds is 34. The molecule has 0 spiro atoms. The smallest absolute Gasteiger partial charge is 0.246 e. The van der Waals surface area contributed by atoms with Gasteiger partial charge in [-0.15, -0.1) is 5.10 Å². The topological polar surface area (TPSA) is 189 Å². The van der Waals surface area contributed by atoms with E-state index < -0.39 is 0 Å². The molecule has 0 aliphatic heterocycles. The van der Waals surface area contributed by atoms with Gasteiger partial charge in [-0.05, 0) is 0 Å². The summed E-state index contributed by atoms with van der Waals surface area (Å²) in [6.45, 7) is 12.6. The standard InChI is InChI=1S/C33H56N6O11/c1-29(2)33-35-24-30(25-36-33)4-3-7-50-28-32(41)34-26-31-27-39(38-37-31)5-8-42-10-12-44-14-16-46-18-20-48-22-23-49-21-19-47-17-15-45-13-11-43-9-6-40/h3-4,24-25,27,29,40H,5-23,26,28H2,1-2H3,(H,34,41). The molecule has 2 heterocycles. The zero-order valence-corrected chi connectivity index (χ0v) is 29.6. The molecule has 1 amide bonds. The highest BCUT2D eigenvalue weighted by atomic mass is 16.6. The van der Waals surface area contributed by atoms with Gasteiger partial charge in [0, 0.05) is 23.9 Å². The fourth-order valence-electron chi connectivity index (χ4n) is 3.77.